The van der Waals surface area contributed by atoms with Gasteiger partial charge in [-0.2, -0.15) is 0 Å². The Morgan fingerprint density at radius 1 is 1.30 bits per heavy atom. The van der Waals surface area contributed by atoms with Crippen molar-refractivity contribution in [1.29, 1.82) is 0 Å². The molecule has 1 aromatic rings. The molecule has 0 saturated heterocycles. The van der Waals surface area contributed by atoms with Gasteiger partial charge in [-0.15, -0.1) is 0 Å². The fourth-order valence-corrected chi connectivity index (χ4v) is 2.10. The van der Waals surface area contributed by atoms with E-state index in [0.29, 0.717) is 19.3 Å². The minimum atomic E-state index is -0.534. The largest absolute Gasteiger partial charge is 0.373 e. The Balaban J connectivity index is 2.75. The van der Waals surface area contributed by atoms with Crippen LogP contribution in [0.3, 0.4) is 0 Å². The lowest BCUT2D eigenvalue weighted by atomic mass is 10.0. The highest BCUT2D eigenvalue weighted by Crippen LogP contribution is 2.11. The van der Waals surface area contributed by atoms with Gasteiger partial charge >= 0.3 is 0 Å². The molecular weight excluding hydrogens is 292 g/mol. The number of hydrogen-bond donors (Lipinski definition) is 3. The summed E-state index contributed by atoms with van der Waals surface area (Å²) in [5.74, 6) is 0.516. The van der Waals surface area contributed by atoms with Crippen LogP contribution >= 0.6 is 0 Å². The third-order valence-electron chi connectivity index (χ3n) is 3.27. The maximum absolute atomic E-state index is 12.4. The molecule has 23 heavy (non-hydrogen) atoms. The molecule has 0 fully saturated rings. The van der Waals surface area contributed by atoms with Crippen molar-refractivity contribution in [2.24, 2.45) is 0 Å². The van der Waals surface area contributed by atoms with Crippen LogP contribution in [-0.4, -0.2) is 35.4 Å². The molecule has 0 unspecified atom stereocenters. The van der Waals surface area contributed by atoms with E-state index in [1.54, 1.807) is 13.1 Å². The number of aromatic nitrogens is 1. The van der Waals surface area contributed by atoms with Crippen molar-refractivity contribution in [3.63, 3.8) is 0 Å². The van der Waals surface area contributed by atoms with E-state index in [-0.39, 0.29) is 17.4 Å². The number of carbonyl (C=O) groups excluding carboxylic acids is 2. The third kappa shape index (κ3) is 7.13. The highest BCUT2D eigenvalue weighted by atomic mass is 16.2. The second-order valence-corrected chi connectivity index (χ2v) is 6.55. The summed E-state index contributed by atoms with van der Waals surface area (Å²) in [5.41, 5.74) is 0.742. The molecule has 0 aliphatic carbocycles. The average Bonchev–Trinajstić information content (AvgIpc) is 2.49. The summed E-state index contributed by atoms with van der Waals surface area (Å²) in [7, 11) is 1.81. The molecule has 2 amide bonds. The van der Waals surface area contributed by atoms with Gasteiger partial charge in [-0.25, -0.2) is 4.98 Å². The fraction of sp³-hybridized carbons (Fsp3) is 0.588. The van der Waals surface area contributed by atoms with Crippen molar-refractivity contribution in [3.05, 3.63) is 23.9 Å². The molecule has 1 atom stereocenters. The van der Waals surface area contributed by atoms with Gasteiger partial charge in [0.1, 0.15) is 11.9 Å². The van der Waals surface area contributed by atoms with Gasteiger partial charge in [-0.3, -0.25) is 9.59 Å². The van der Waals surface area contributed by atoms with Gasteiger partial charge in [0.15, 0.2) is 0 Å². The van der Waals surface area contributed by atoms with Crippen LogP contribution in [-0.2, 0) is 16.0 Å². The molecule has 0 spiro atoms. The molecule has 1 aromatic heterocycles. The predicted molar refractivity (Wildman–Crippen MR) is 92.2 cm³/mol. The Hall–Kier alpha value is -2.11. The normalized spacial score (nSPS) is 12.4. The number of aryl methyl sites for hydroxylation is 1. The second-order valence-electron chi connectivity index (χ2n) is 6.55. The van der Waals surface area contributed by atoms with Crippen molar-refractivity contribution < 1.29 is 9.59 Å². The lowest BCUT2D eigenvalue weighted by molar-refractivity contribution is -0.129. The Bertz CT molecular complexity index is 538. The van der Waals surface area contributed by atoms with Crippen LogP contribution in [0.25, 0.3) is 0 Å². The van der Waals surface area contributed by atoms with Gasteiger partial charge in [0, 0.05) is 25.2 Å². The van der Waals surface area contributed by atoms with E-state index < -0.39 is 6.04 Å². The number of carbonyl (C=O) groups is 2. The molecule has 0 saturated carbocycles. The number of nitrogens with one attached hydrogen (secondary N) is 3. The molecular formula is C17H28N4O2. The van der Waals surface area contributed by atoms with Crippen LogP contribution in [0.15, 0.2) is 18.3 Å². The lowest BCUT2D eigenvalue weighted by Gasteiger charge is -2.25. The van der Waals surface area contributed by atoms with Crippen LogP contribution in [0.4, 0.5) is 5.82 Å². The molecule has 0 bridgehead atoms. The maximum Gasteiger partial charge on any atom is 0.242 e. The van der Waals surface area contributed by atoms with Crippen molar-refractivity contribution in [2.45, 2.75) is 58.5 Å². The summed E-state index contributed by atoms with van der Waals surface area (Å²) in [6.07, 6.45) is 3.32. The average molecular weight is 320 g/mol. The van der Waals surface area contributed by atoms with E-state index in [0.717, 1.165) is 11.4 Å². The number of nitrogens with zero attached hydrogens (tertiary/aromatic N) is 1. The van der Waals surface area contributed by atoms with Crippen molar-refractivity contribution in [2.75, 3.05) is 12.4 Å². The maximum atomic E-state index is 12.4. The fourth-order valence-electron chi connectivity index (χ4n) is 2.10. The summed E-state index contributed by atoms with van der Waals surface area (Å²) in [6.45, 7) is 7.54. The standard InChI is InChI=1S/C17H28N4O2/c1-6-15(22)20-13(16(23)21-17(2,3)4)8-7-12-9-10-19-14(11-12)18-5/h9-11,13H,6-8H2,1-5H3,(H,18,19)(H,20,22)(H,21,23)/t13-/m0/s1. The Morgan fingerprint density at radius 3 is 2.57 bits per heavy atom. The van der Waals surface area contributed by atoms with E-state index in [1.807, 2.05) is 40.0 Å². The summed E-state index contributed by atoms with van der Waals surface area (Å²) in [5, 5.41) is 8.72. The monoisotopic (exact) mass is 320 g/mol. The van der Waals surface area contributed by atoms with E-state index in [1.165, 1.54) is 0 Å². The minimum Gasteiger partial charge on any atom is -0.373 e. The first-order valence-corrected chi connectivity index (χ1v) is 7.99. The zero-order chi connectivity index (χ0) is 17.5. The Labute approximate surface area is 138 Å². The molecule has 6 nitrogen and oxygen atoms in total. The summed E-state index contributed by atoms with van der Waals surface area (Å²) in [4.78, 5) is 28.3. The van der Waals surface area contributed by atoms with Crippen molar-refractivity contribution in [3.8, 4) is 0 Å². The number of anilines is 1. The first kappa shape index (κ1) is 18.9. The number of pyridine rings is 1. The summed E-state index contributed by atoms with van der Waals surface area (Å²) >= 11 is 0. The van der Waals surface area contributed by atoms with Crippen LogP contribution in [0.5, 0.6) is 0 Å². The zero-order valence-electron chi connectivity index (χ0n) is 14.7. The minimum absolute atomic E-state index is 0.121. The zero-order valence-corrected chi connectivity index (χ0v) is 14.7. The molecule has 0 aliphatic rings. The van der Waals surface area contributed by atoms with E-state index in [2.05, 4.69) is 20.9 Å². The topological polar surface area (TPSA) is 83.1 Å². The quantitative estimate of drug-likeness (QED) is 0.716. The molecule has 3 N–H and O–H groups in total. The van der Waals surface area contributed by atoms with Gasteiger partial charge in [-0.05, 0) is 51.3 Å². The lowest BCUT2D eigenvalue weighted by Crippen LogP contribution is -2.52. The van der Waals surface area contributed by atoms with Gasteiger partial charge < -0.3 is 16.0 Å². The number of amides is 2. The Kier molecular flexibility index (Phi) is 7.00. The van der Waals surface area contributed by atoms with Crippen LogP contribution in [0.1, 0.15) is 46.1 Å². The number of rotatable bonds is 7. The second kappa shape index (κ2) is 8.50. The molecule has 1 heterocycles. The van der Waals surface area contributed by atoms with Gasteiger partial charge in [0.25, 0.3) is 0 Å². The van der Waals surface area contributed by atoms with Crippen molar-refractivity contribution >= 4 is 17.6 Å². The number of hydrogen-bond acceptors (Lipinski definition) is 4. The summed E-state index contributed by atoms with van der Waals surface area (Å²) in [6, 6.07) is 3.33. The van der Waals surface area contributed by atoms with Crippen LogP contribution in [0, 0.1) is 0 Å². The van der Waals surface area contributed by atoms with Gasteiger partial charge in [0.2, 0.25) is 11.8 Å². The third-order valence-corrected chi connectivity index (χ3v) is 3.27. The highest BCUT2D eigenvalue weighted by molar-refractivity contribution is 5.87. The first-order valence-electron chi connectivity index (χ1n) is 7.99. The molecule has 0 aromatic carbocycles. The smallest absolute Gasteiger partial charge is 0.242 e. The molecule has 0 radical (unpaired) electrons. The molecule has 128 valence electrons. The van der Waals surface area contributed by atoms with E-state index in [4.69, 9.17) is 0 Å². The predicted octanol–water partition coefficient (Wildman–Crippen LogP) is 1.87. The van der Waals surface area contributed by atoms with Crippen molar-refractivity contribution in [1.82, 2.24) is 15.6 Å². The van der Waals surface area contributed by atoms with Gasteiger partial charge in [-0.1, -0.05) is 6.92 Å². The van der Waals surface area contributed by atoms with Gasteiger partial charge in [0.05, 0.1) is 0 Å². The van der Waals surface area contributed by atoms with E-state index >= 15 is 0 Å². The first-order chi connectivity index (χ1) is 10.7. The molecule has 6 heteroatoms. The SMILES string of the molecule is CCC(=O)N[C@@H](CCc1ccnc(NC)c1)C(=O)NC(C)(C)C. The summed E-state index contributed by atoms with van der Waals surface area (Å²) < 4.78 is 0. The highest BCUT2D eigenvalue weighted by Gasteiger charge is 2.23. The van der Waals surface area contributed by atoms with Crippen LogP contribution in [0.2, 0.25) is 0 Å². The van der Waals surface area contributed by atoms with E-state index in [9.17, 15) is 9.59 Å². The molecule has 1 rings (SSSR count). The Morgan fingerprint density at radius 2 is 2.00 bits per heavy atom. The van der Waals surface area contributed by atoms with Crippen LogP contribution < -0.4 is 16.0 Å². The molecule has 0 aliphatic heterocycles.